The molecule has 0 aliphatic heterocycles. The van der Waals surface area contributed by atoms with Gasteiger partial charge in [-0.05, 0) is 6.07 Å². The highest BCUT2D eigenvalue weighted by Gasteiger charge is 2.21. The molecular formula is C10H7N5O5S. The summed E-state index contributed by atoms with van der Waals surface area (Å²) in [5, 5.41) is 31.4. The molecule has 0 aliphatic rings. The molecule has 0 saturated carbocycles. The maximum absolute atomic E-state index is 11.7. The minimum absolute atomic E-state index is 0.0765. The zero-order chi connectivity index (χ0) is 15.4. The molecular weight excluding hydrogens is 302 g/mol. The van der Waals surface area contributed by atoms with Crippen LogP contribution in [0.3, 0.4) is 0 Å². The van der Waals surface area contributed by atoms with E-state index in [1.165, 1.54) is 11.6 Å². The lowest BCUT2D eigenvalue weighted by Crippen LogP contribution is -2.15. The summed E-state index contributed by atoms with van der Waals surface area (Å²) < 4.78 is 0. The van der Waals surface area contributed by atoms with Crippen LogP contribution in [0.5, 0.6) is 0 Å². The largest absolute Gasteiger partial charge is 0.300 e. The van der Waals surface area contributed by atoms with Gasteiger partial charge in [0.15, 0.2) is 0 Å². The Kier molecular flexibility index (Phi) is 4.13. The fourth-order valence-electron chi connectivity index (χ4n) is 1.55. The maximum atomic E-state index is 11.7. The molecule has 0 aliphatic carbocycles. The van der Waals surface area contributed by atoms with Crippen LogP contribution >= 0.6 is 11.3 Å². The number of benzene rings is 1. The molecule has 108 valence electrons. The first kappa shape index (κ1) is 14.5. The van der Waals surface area contributed by atoms with Gasteiger partial charge in [0.25, 0.3) is 11.4 Å². The van der Waals surface area contributed by atoms with Crippen molar-refractivity contribution in [1.29, 1.82) is 0 Å². The molecule has 0 fully saturated rings. The van der Waals surface area contributed by atoms with Crippen molar-refractivity contribution in [2.45, 2.75) is 6.42 Å². The minimum atomic E-state index is -0.763. The number of carbonyl (C=O) groups is 1. The summed E-state index contributed by atoms with van der Waals surface area (Å²) in [4.78, 5) is 31.8. The van der Waals surface area contributed by atoms with E-state index in [1.807, 2.05) is 0 Å². The van der Waals surface area contributed by atoms with E-state index in [-0.39, 0.29) is 17.1 Å². The van der Waals surface area contributed by atoms with E-state index in [2.05, 4.69) is 15.5 Å². The van der Waals surface area contributed by atoms with E-state index in [0.717, 1.165) is 23.5 Å². The van der Waals surface area contributed by atoms with Gasteiger partial charge in [-0.25, -0.2) is 0 Å². The van der Waals surface area contributed by atoms with Crippen molar-refractivity contribution < 1.29 is 14.6 Å². The first-order valence-electron chi connectivity index (χ1n) is 5.45. The van der Waals surface area contributed by atoms with Crippen LogP contribution in [-0.4, -0.2) is 26.0 Å². The van der Waals surface area contributed by atoms with Gasteiger partial charge in [0.1, 0.15) is 5.51 Å². The molecule has 1 aromatic carbocycles. The summed E-state index contributed by atoms with van der Waals surface area (Å²) in [6, 6.07) is 3.13. The van der Waals surface area contributed by atoms with E-state index in [1.54, 1.807) is 0 Å². The topological polar surface area (TPSA) is 141 Å². The van der Waals surface area contributed by atoms with Crippen molar-refractivity contribution in [3.05, 3.63) is 49.5 Å². The van der Waals surface area contributed by atoms with Crippen LogP contribution in [0, 0.1) is 20.2 Å². The zero-order valence-corrected chi connectivity index (χ0v) is 11.1. The SMILES string of the molecule is O=C(Cc1ccc([N+](=O)[O-])cc1[N+](=O)[O-])Nc1nncs1. The van der Waals surface area contributed by atoms with Crippen LogP contribution in [0.1, 0.15) is 5.56 Å². The van der Waals surface area contributed by atoms with Crippen molar-refractivity contribution in [2.75, 3.05) is 5.32 Å². The Balaban J connectivity index is 2.21. The van der Waals surface area contributed by atoms with Gasteiger partial charge in [0, 0.05) is 11.6 Å². The van der Waals surface area contributed by atoms with Gasteiger partial charge in [-0.3, -0.25) is 25.0 Å². The number of anilines is 1. The van der Waals surface area contributed by atoms with Crippen LogP contribution in [0.25, 0.3) is 0 Å². The lowest BCUT2D eigenvalue weighted by atomic mass is 10.1. The first-order valence-corrected chi connectivity index (χ1v) is 6.33. The number of rotatable bonds is 5. The van der Waals surface area contributed by atoms with Crippen LogP contribution in [0.2, 0.25) is 0 Å². The van der Waals surface area contributed by atoms with Gasteiger partial charge < -0.3 is 5.32 Å². The first-order chi connectivity index (χ1) is 9.97. The Morgan fingerprint density at radius 2 is 2.05 bits per heavy atom. The highest BCUT2D eigenvalue weighted by Crippen LogP contribution is 2.25. The number of non-ortho nitro benzene ring substituents is 1. The second-order valence-electron chi connectivity index (χ2n) is 3.80. The molecule has 1 N–H and O–H groups in total. The number of amides is 1. The third-order valence-corrected chi connectivity index (χ3v) is 3.04. The van der Waals surface area contributed by atoms with Crippen LogP contribution in [0.15, 0.2) is 23.7 Å². The van der Waals surface area contributed by atoms with Crippen molar-refractivity contribution in [3.63, 3.8) is 0 Å². The molecule has 0 radical (unpaired) electrons. The predicted molar refractivity (Wildman–Crippen MR) is 72.0 cm³/mol. The van der Waals surface area contributed by atoms with E-state index in [0.29, 0.717) is 0 Å². The van der Waals surface area contributed by atoms with Crippen molar-refractivity contribution in [3.8, 4) is 0 Å². The molecule has 0 unspecified atom stereocenters. The molecule has 11 heteroatoms. The highest BCUT2D eigenvalue weighted by atomic mass is 32.1. The Morgan fingerprint density at radius 1 is 1.29 bits per heavy atom. The molecule has 1 amide bonds. The normalized spacial score (nSPS) is 10.1. The third-order valence-electron chi connectivity index (χ3n) is 2.43. The lowest BCUT2D eigenvalue weighted by Gasteiger charge is -2.03. The number of aromatic nitrogens is 2. The molecule has 10 nitrogen and oxygen atoms in total. The van der Waals surface area contributed by atoms with Gasteiger partial charge in [-0.1, -0.05) is 11.3 Å². The van der Waals surface area contributed by atoms with Gasteiger partial charge in [-0.15, -0.1) is 10.2 Å². The summed E-state index contributed by atoms with van der Waals surface area (Å²) in [6.45, 7) is 0. The van der Waals surface area contributed by atoms with Gasteiger partial charge in [-0.2, -0.15) is 0 Å². The second kappa shape index (κ2) is 6.00. The zero-order valence-electron chi connectivity index (χ0n) is 10.3. The molecule has 0 atom stereocenters. The maximum Gasteiger partial charge on any atom is 0.279 e. The van der Waals surface area contributed by atoms with Gasteiger partial charge in [0.2, 0.25) is 11.0 Å². The molecule has 21 heavy (non-hydrogen) atoms. The van der Waals surface area contributed by atoms with Crippen LogP contribution in [-0.2, 0) is 11.2 Å². The summed E-state index contributed by atoms with van der Waals surface area (Å²) >= 11 is 1.10. The number of carbonyl (C=O) groups excluding carboxylic acids is 1. The molecule has 0 bridgehead atoms. The number of nitro groups is 2. The Hall–Kier alpha value is -2.95. The van der Waals surface area contributed by atoms with Crippen molar-refractivity contribution >= 4 is 33.8 Å². The Morgan fingerprint density at radius 3 is 2.62 bits per heavy atom. The number of hydrogen-bond donors (Lipinski definition) is 1. The molecule has 0 spiro atoms. The fraction of sp³-hybridized carbons (Fsp3) is 0.100. The van der Waals surface area contributed by atoms with Crippen molar-refractivity contribution in [1.82, 2.24) is 10.2 Å². The van der Waals surface area contributed by atoms with Crippen LogP contribution < -0.4 is 5.32 Å². The average Bonchev–Trinajstić information content (AvgIpc) is 2.91. The molecule has 2 aromatic rings. The summed E-state index contributed by atoms with van der Waals surface area (Å²) in [7, 11) is 0. The Labute approximate surface area is 120 Å². The second-order valence-corrected chi connectivity index (χ2v) is 4.63. The molecule has 1 aromatic heterocycles. The summed E-state index contributed by atoms with van der Waals surface area (Å²) in [6.07, 6.45) is -0.298. The summed E-state index contributed by atoms with van der Waals surface area (Å²) in [5.41, 5.74) is 0.614. The van der Waals surface area contributed by atoms with E-state index in [4.69, 9.17) is 0 Å². The highest BCUT2D eigenvalue weighted by molar-refractivity contribution is 7.13. The molecule has 2 rings (SSSR count). The molecule has 0 saturated heterocycles. The minimum Gasteiger partial charge on any atom is -0.300 e. The van der Waals surface area contributed by atoms with Gasteiger partial charge >= 0.3 is 0 Å². The standard InChI is InChI=1S/C10H7N5O5S/c16-9(12-10-13-11-5-21-10)3-6-1-2-7(14(17)18)4-8(6)15(19)20/h1-2,4-5H,3H2,(H,12,13,16). The smallest absolute Gasteiger partial charge is 0.279 e. The van der Waals surface area contributed by atoms with E-state index >= 15 is 0 Å². The average molecular weight is 309 g/mol. The monoisotopic (exact) mass is 309 g/mol. The number of nitro benzene ring substituents is 2. The van der Waals surface area contributed by atoms with Crippen molar-refractivity contribution in [2.24, 2.45) is 0 Å². The molecule has 1 heterocycles. The summed E-state index contributed by atoms with van der Waals surface area (Å²) in [5.74, 6) is -0.524. The predicted octanol–water partition coefficient (Wildman–Crippen LogP) is 1.54. The van der Waals surface area contributed by atoms with E-state index in [9.17, 15) is 25.0 Å². The third kappa shape index (κ3) is 3.54. The van der Waals surface area contributed by atoms with Gasteiger partial charge in [0.05, 0.1) is 22.3 Å². The van der Waals surface area contributed by atoms with E-state index < -0.39 is 27.1 Å². The lowest BCUT2D eigenvalue weighted by molar-refractivity contribution is -0.394. The Bertz CT molecular complexity index is 702. The fourth-order valence-corrected chi connectivity index (χ4v) is 2.01. The van der Waals surface area contributed by atoms with Crippen LogP contribution in [0.4, 0.5) is 16.5 Å². The quantitative estimate of drug-likeness (QED) is 0.652. The number of nitrogens with zero attached hydrogens (tertiary/aromatic N) is 4. The number of hydrogen-bond acceptors (Lipinski definition) is 8. The number of nitrogens with one attached hydrogen (secondary N) is 1.